The van der Waals surface area contributed by atoms with Crippen molar-refractivity contribution in [3.8, 4) is 0 Å². The van der Waals surface area contributed by atoms with Gasteiger partial charge >= 0.3 is 12.1 Å². The fraction of sp³-hybridized carbons (Fsp3) is 0.900. The standard InChI is InChI=1S/C20H36N2O5/c1-14-13-21(19(24)27-20(2,3)4)11-9-16(14)22-10-7-8-15(22)12-17(25-5)18(23)26-6/h14-17H,7-13H2,1-6H3/t14?,15-,16?,17?/m0/s1. The van der Waals surface area contributed by atoms with Crippen LogP contribution in [-0.2, 0) is 19.0 Å². The number of rotatable bonds is 5. The van der Waals surface area contributed by atoms with E-state index in [1.165, 1.54) is 7.11 Å². The Morgan fingerprint density at radius 3 is 2.41 bits per heavy atom. The highest BCUT2D eigenvalue weighted by molar-refractivity contribution is 5.74. The van der Waals surface area contributed by atoms with Crippen LogP contribution in [0.1, 0.15) is 53.4 Å². The van der Waals surface area contributed by atoms with Gasteiger partial charge in [-0.25, -0.2) is 9.59 Å². The largest absolute Gasteiger partial charge is 0.467 e. The smallest absolute Gasteiger partial charge is 0.410 e. The first-order valence-corrected chi connectivity index (χ1v) is 10.0. The normalized spacial score (nSPS) is 28.1. The summed E-state index contributed by atoms with van der Waals surface area (Å²) in [5.74, 6) is 0.0446. The summed E-state index contributed by atoms with van der Waals surface area (Å²) in [6.07, 6.45) is 3.03. The first kappa shape index (κ1) is 22.0. The lowest BCUT2D eigenvalue weighted by Gasteiger charge is -2.43. The number of ether oxygens (including phenoxy) is 3. The van der Waals surface area contributed by atoms with Crippen molar-refractivity contribution < 1.29 is 23.8 Å². The van der Waals surface area contributed by atoms with E-state index in [-0.39, 0.29) is 12.1 Å². The van der Waals surface area contributed by atoms with Gasteiger partial charge in [-0.3, -0.25) is 4.90 Å². The third kappa shape index (κ3) is 5.82. The molecule has 0 aromatic rings. The van der Waals surface area contributed by atoms with Gasteiger partial charge in [-0.15, -0.1) is 0 Å². The van der Waals surface area contributed by atoms with Crippen LogP contribution in [0.25, 0.3) is 0 Å². The number of piperidine rings is 1. The number of carbonyl (C=O) groups is 2. The molecule has 4 atom stereocenters. The molecule has 2 aliphatic rings. The first-order valence-electron chi connectivity index (χ1n) is 10.0. The molecule has 156 valence electrons. The van der Waals surface area contributed by atoms with Crippen LogP contribution in [-0.4, -0.2) is 79.5 Å². The zero-order valence-corrected chi connectivity index (χ0v) is 17.7. The number of nitrogens with zero attached hydrogens (tertiary/aromatic N) is 2. The van der Waals surface area contributed by atoms with Crippen LogP contribution in [0.3, 0.4) is 0 Å². The minimum absolute atomic E-state index is 0.226. The number of methoxy groups -OCH3 is 2. The highest BCUT2D eigenvalue weighted by Crippen LogP contribution is 2.32. The van der Waals surface area contributed by atoms with Crippen molar-refractivity contribution in [2.45, 2.75) is 77.2 Å². The molecular formula is C20H36N2O5. The summed E-state index contributed by atoms with van der Waals surface area (Å²) in [5.41, 5.74) is -0.472. The molecule has 2 aliphatic heterocycles. The molecule has 7 heteroatoms. The van der Waals surface area contributed by atoms with Gasteiger partial charge in [-0.05, 0) is 58.9 Å². The zero-order valence-electron chi connectivity index (χ0n) is 17.7. The minimum atomic E-state index is -0.516. The van der Waals surface area contributed by atoms with Crippen LogP contribution in [0, 0.1) is 5.92 Å². The van der Waals surface area contributed by atoms with Gasteiger partial charge in [-0.2, -0.15) is 0 Å². The molecule has 1 amide bonds. The molecule has 0 spiro atoms. The maximum atomic E-state index is 12.4. The molecule has 0 aromatic heterocycles. The van der Waals surface area contributed by atoms with Crippen LogP contribution in [0.2, 0.25) is 0 Å². The fourth-order valence-corrected chi connectivity index (χ4v) is 4.33. The van der Waals surface area contributed by atoms with E-state index in [0.29, 0.717) is 37.5 Å². The van der Waals surface area contributed by atoms with E-state index in [1.54, 1.807) is 7.11 Å². The van der Waals surface area contributed by atoms with Gasteiger partial charge < -0.3 is 19.1 Å². The van der Waals surface area contributed by atoms with Crippen LogP contribution >= 0.6 is 0 Å². The van der Waals surface area contributed by atoms with E-state index in [4.69, 9.17) is 14.2 Å². The zero-order chi connectivity index (χ0) is 20.2. The van der Waals surface area contributed by atoms with Gasteiger partial charge in [0.25, 0.3) is 0 Å². The summed E-state index contributed by atoms with van der Waals surface area (Å²) in [7, 11) is 2.96. The summed E-state index contributed by atoms with van der Waals surface area (Å²) < 4.78 is 15.7. The van der Waals surface area contributed by atoms with Crippen molar-refractivity contribution in [3.05, 3.63) is 0 Å². The Labute approximate surface area is 163 Å². The van der Waals surface area contributed by atoms with Gasteiger partial charge in [0.05, 0.1) is 7.11 Å². The number of hydrogen-bond acceptors (Lipinski definition) is 6. The van der Waals surface area contributed by atoms with Gasteiger partial charge in [0, 0.05) is 32.3 Å². The summed E-state index contributed by atoms with van der Waals surface area (Å²) in [5, 5.41) is 0. The lowest BCUT2D eigenvalue weighted by Crippen LogP contribution is -2.54. The maximum absolute atomic E-state index is 12.4. The first-order chi connectivity index (χ1) is 12.7. The van der Waals surface area contributed by atoms with Crippen molar-refractivity contribution in [3.63, 3.8) is 0 Å². The van der Waals surface area contributed by atoms with Gasteiger partial charge in [0.1, 0.15) is 5.60 Å². The predicted octanol–water partition coefficient (Wildman–Crippen LogP) is 2.67. The lowest BCUT2D eigenvalue weighted by molar-refractivity contribution is -0.153. The topological polar surface area (TPSA) is 68.3 Å². The summed E-state index contributed by atoms with van der Waals surface area (Å²) in [4.78, 5) is 28.6. The third-order valence-corrected chi connectivity index (χ3v) is 5.60. The summed E-state index contributed by atoms with van der Waals surface area (Å²) in [6.45, 7) is 10.3. The maximum Gasteiger partial charge on any atom is 0.410 e. The monoisotopic (exact) mass is 384 g/mol. The van der Waals surface area contributed by atoms with Gasteiger partial charge in [0.2, 0.25) is 0 Å². The van der Waals surface area contributed by atoms with E-state index >= 15 is 0 Å². The molecule has 2 fully saturated rings. The van der Waals surface area contributed by atoms with E-state index in [9.17, 15) is 9.59 Å². The van der Waals surface area contributed by atoms with E-state index in [0.717, 1.165) is 25.8 Å². The number of carbonyl (C=O) groups excluding carboxylic acids is 2. The second kappa shape index (κ2) is 9.24. The van der Waals surface area contributed by atoms with Crippen molar-refractivity contribution >= 4 is 12.1 Å². The van der Waals surface area contributed by atoms with Crippen LogP contribution in [0.5, 0.6) is 0 Å². The Morgan fingerprint density at radius 2 is 1.85 bits per heavy atom. The molecule has 2 saturated heterocycles. The number of esters is 1. The Balaban J connectivity index is 1.96. The Morgan fingerprint density at radius 1 is 1.15 bits per heavy atom. The molecule has 0 N–H and O–H groups in total. The molecule has 0 radical (unpaired) electrons. The third-order valence-electron chi connectivity index (χ3n) is 5.60. The number of amides is 1. The SMILES string of the molecule is COC(=O)C(C[C@@H]1CCCN1C1CCN(C(=O)OC(C)(C)C)CC1C)OC. The molecule has 2 rings (SSSR count). The van der Waals surface area contributed by atoms with Gasteiger partial charge in [0.15, 0.2) is 6.10 Å². The molecule has 2 heterocycles. The lowest BCUT2D eigenvalue weighted by atomic mass is 9.91. The van der Waals surface area contributed by atoms with E-state index < -0.39 is 11.7 Å². The van der Waals surface area contributed by atoms with Gasteiger partial charge in [-0.1, -0.05) is 6.92 Å². The molecule has 0 saturated carbocycles. The number of likely N-dealkylation sites (tertiary alicyclic amines) is 2. The van der Waals surface area contributed by atoms with Crippen molar-refractivity contribution in [2.75, 3.05) is 33.9 Å². The minimum Gasteiger partial charge on any atom is -0.467 e. The Kier molecular flexibility index (Phi) is 7.51. The summed E-state index contributed by atoms with van der Waals surface area (Å²) >= 11 is 0. The summed E-state index contributed by atoms with van der Waals surface area (Å²) in [6, 6.07) is 0.723. The van der Waals surface area contributed by atoms with Crippen LogP contribution in [0.4, 0.5) is 4.79 Å². The van der Waals surface area contributed by atoms with Crippen molar-refractivity contribution in [1.29, 1.82) is 0 Å². The second-order valence-electron chi connectivity index (χ2n) is 8.78. The molecular weight excluding hydrogens is 348 g/mol. The molecule has 0 aliphatic carbocycles. The average Bonchev–Trinajstić information content (AvgIpc) is 3.05. The van der Waals surface area contributed by atoms with Crippen molar-refractivity contribution in [2.24, 2.45) is 5.92 Å². The van der Waals surface area contributed by atoms with Crippen molar-refractivity contribution in [1.82, 2.24) is 9.80 Å². The molecule has 0 aromatic carbocycles. The highest BCUT2D eigenvalue weighted by atomic mass is 16.6. The Hall–Kier alpha value is -1.34. The average molecular weight is 385 g/mol. The Bertz CT molecular complexity index is 519. The fourth-order valence-electron chi connectivity index (χ4n) is 4.33. The highest BCUT2D eigenvalue weighted by Gasteiger charge is 2.40. The quantitative estimate of drug-likeness (QED) is 0.679. The molecule has 27 heavy (non-hydrogen) atoms. The molecule has 0 bridgehead atoms. The van der Waals surface area contributed by atoms with Crippen LogP contribution in [0.15, 0.2) is 0 Å². The number of hydrogen-bond donors (Lipinski definition) is 0. The molecule has 3 unspecified atom stereocenters. The molecule has 7 nitrogen and oxygen atoms in total. The van der Waals surface area contributed by atoms with Crippen LogP contribution < -0.4 is 0 Å². The van der Waals surface area contributed by atoms with E-state index in [1.807, 2.05) is 25.7 Å². The second-order valence-corrected chi connectivity index (χ2v) is 8.78. The predicted molar refractivity (Wildman–Crippen MR) is 103 cm³/mol. The van der Waals surface area contributed by atoms with E-state index in [2.05, 4.69) is 11.8 Å².